The van der Waals surface area contributed by atoms with E-state index in [9.17, 15) is 13.2 Å². The quantitative estimate of drug-likeness (QED) is 0.651. The first-order chi connectivity index (χ1) is 9.95. The highest BCUT2D eigenvalue weighted by molar-refractivity contribution is 6.33. The van der Waals surface area contributed by atoms with Gasteiger partial charge in [-0.15, -0.1) is 12.4 Å². The molecule has 0 aliphatic carbocycles. The van der Waals surface area contributed by atoms with Crippen LogP contribution >= 0.6 is 24.0 Å². The third kappa shape index (κ3) is 3.13. The zero-order chi connectivity index (χ0) is 15.0. The number of H-pyrrole nitrogens is 1. The van der Waals surface area contributed by atoms with Crippen LogP contribution in [0.25, 0.3) is 11.0 Å². The molecule has 1 heterocycles. The van der Waals surface area contributed by atoms with Crippen molar-refractivity contribution in [3.63, 3.8) is 0 Å². The molecule has 0 amide bonds. The Morgan fingerprint density at radius 3 is 2.45 bits per heavy atom. The molecule has 0 atom stereocenters. The number of aromatic nitrogens is 2. The van der Waals surface area contributed by atoms with Crippen LogP contribution in [0, 0.1) is 0 Å². The monoisotopic (exact) mass is 347 g/mol. The van der Waals surface area contributed by atoms with Crippen LogP contribution in [0.2, 0.25) is 5.02 Å². The van der Waals surface area contributed by atoms with Gasteiger partial charge in [-0.05, 0) is 24.3 Å². The number of hydrogen-bond donors (Lipinski definition) is 2. The molecule has 0 saturated carbocycles. The number of hydrogen-bond acceptors (Lipinski definition) is 2. The van der Waals surface area contributed by atoms with Crippen molar-refractivity contribution < 1.29 is 13.2 Å². The number of para-hydroxylation sites is 3. The van der Waals surface area contributed by atoms with E-state index < -0.39 is 11.7 Å². The van der Waals surface area contributed by atoms with Crippen molar-refractivity contribution in [1.82, 2.24) is 9.97 Å². The van der Waals surface area contributed by atoms with Crippen LogP contribution in [0.3, 0.4) is 0 Å². The Balaban J connectivity index is 0.00000176. The number of nitrogens with one attached hydrogen (secondary N) is 2. The van der Waals surface area contributed by atoms with E-state index in [1.807, 2.05) is 0 Å². The van der Waals surface area contributed by atoms with Crippen LogP contribution in [0.4, 0.5) is 24.8 Å². The minimum atomic E-state index is -4.50. The lowest BCUT2D eigenvalue weighted by molar-refractivity contribution is -0.136. The predicted molar refractivity (Wildman–Crippen MR) is 83.1 cm³/mol. The lowest BCUT2D eigenvalue weighted by Crippen LogP contribution is -2.09. The van der Waals surface area contributed by atoms with Gasteiger partial charge in [0.1, 0.15) is 0 Å². The first-order valence-corrected chi connectivity index (χ1v) is 6.40. The van der Waals surface area contributed by atoms with E-state index >= 15 is 0 Å². The molecule has 0 bridgehead atoms. The summed E-state index contributed by atoms with van der Waals surface area (Å²) in [7, 11) is 0. The second kappa shape index (κ2) is 6.06. The van der Waals surface area contributed by atoms with Gasteiger partial charge in [0.05, 0.1) is 27.3 Å². The molecule has 2 N–H and O–H groups in total. The van der Waals surface area contributed by atoms with E-state index in [-0.39, 0.29) is 29.1 Å². The molecule has 3 aromatic rings. The summed E-state index contributed by atoms with van der Waals surface area (Å²) in [5.74, 6) is 0.204. The molecule has 22 heavy (non-hydrogen) atoms. The smallest absolute Gasteiger partial charge is 0.324 e. The van der Waals surface area contributed by atoms with E-state index in [0.717, 1.165) is 11.6 Å². The Hall–Kier alpha value is -1.92. The molecule has 0 unspecified atom stereocenters. The van der Waals surface area contributed by atoms with E-state index in [0.29, 0.717) is 5.52 Å². The van der Waals surface area contributed by atoms with E-state index in [1.54, 1.807) is 24.3 Å². The molecule has 8 heteroatoms. The van der Waals surface area contributed by atoms with Gasteiger partial charge in [-0.2, -0.15) is 13.2 Å². The Morgan fingerprint density at radius 1 is 1.05 bits per heavy atom. The number of halogens is 5. The number of anilines is 2. The third-order valence-electron chi connectivity index (χ3n) is 2.95. The summed E-state index contributed by atoms with van der Waals surface area (Å²) in [5.41, 5.74) is 0.322. The van der Waals surface area contributed by atoms with Crippen molar-refractivity contribution in [2.45, 2.75) is 6.18 Å². The number of fused-ring (bicyclic) bond motifs is 1. The number of aromatic amines is 1. The van der Waals surface area contributed by atoms with Crippen molar-refractivity contribution in [2.24, 2.45) is 0 Å². The second-order valence-electron chi connectivity index (χ2n) is 4.39. The molecule has 0 aliphatic rings. The third-order valence-corrected chi connectivity index (χ3v) is 3.27. The van der Waals surface area contributed by atoms with Crippen molar-refractivity contribution in [1.29, 1.82) is 0 Å². The number of alkyl halides is 3. The van der Waals surface area contributed by atoms with Gasteiger partial charge in [-0.3, -0.25) is 0 Å². The second-order valence-corrected chi connectivity index (χ2v) is 4.79. The summed E-state index contributed by atoms with van der Waals surface area (Å²) in [6.07, 6.45) is -4.50. The number of rotatable bonds is 2. The fraction of sp³-hybridized carbons (Fsp3) is 0.0714. The zero-order valence-corrected chi connectivity index (χ0v) is 12.5. The minimum Gasteiger partial charge on any atom is -0.324 e. The summed E-state index contributed by atoms with van der Waals surface area (Å²) in [6, 6.07) is 10.8. The van der Waals surface area contributed by atoms with Gasteiger partial charge >= 0.3 is 6.18 Å². The van der Waals surface area contributed by atoms with Crippen LogP contribution in [0.5, 0.6) is 0 Å². The van der Waals surface area contributed by atoms with Gasteiger partial charge in [0.2, 0.25) is 5.95 Å². The molecule has 2 aromatic carbocycles. The first-order valence-electron chi connectivity index (χ1n) is 6.02. The van der Waals surface area contributed by atoms with Crippen LogP contribution in [-0.2, 0) is 6.18 Å². The van der Waals surface area contributed by atoms with Gasteiger partial charge in [-0.1, -0.05) is 29.8 Å². The normalized spacial score (nSPS) is 11.3. The molecular weight excluding hydrogens is 338 g/mol. The van der Waals surface area contributed by atoms with Crippen molar-refractivity contribution in [2.75, 3.05) is 5.32 Å². The van der Waals surface area contributed by atoms with Gasteiger partial charge in [0.15, 0.2) is 0 Å². The Kier molecular flexibility index (Phi) is 4.53. The molecular formula is C14H10Cl2F3N3. The highest BCUT2D eigenvalue weighted by Crippen LogP contribution is 2.39. The fourth-order valence-corrected chi connectivity index (χ4v) is 2.24. The van der Waals surface area contributed by atoms with Gasteiger partial charge in [0.25, 0.3) is 0 Å². The molecule has 3 nitrogen and oxygen atoms in total. The minimum absolute atomic E-state index is 0. The number of benzene rings is 2. The van der Waals surface area contributed by atoms with Crippen molar-refractivity contribution in [3.05, 3.63) is 53.1 Å². The molecule has 0 radical (unpaired) electrons. The van der Waals surface area contributed by atoms with Gasteiger partial charge < -0.3 is 10.3 Å². The van der Waals surface area contributed by atoms with Crippen molar-refractivity contribution in [3.8, 4) is 0 Å². The molecule has 0 spiro atoms. The number of imidazole rings is 1. The van der Waals surface area contributed by atoms with E-state index in [2.05, 4.69) is 15.3 Å². The average molecular weight is 348 g/mol. The average Bonchev–Trinajstić information content (AvgIpc) is 2.82. The van der Waals surface area contributed by atoms with Crippen LogP contribution in [0.1, 0.15) is 5.56 Å². The van der Waals surface area contributed by atoms with Crippen LogP contribution in [-0.4, -0.2) is 9.97 Å². The standard InChI is InChI=1S/C14H9ClF3N3.ClH/c15-9-5-3-4-8(14(16,17)18)12(9)21-13-19-10-6-1-2-7-11(10)20-13;/h1-7H,(H2,19,20,21);1H. The topological polar surface area (TPSA) is 40.7 Å². The highest BCUT2D eigenvalue weighted by atomic mass is 35.5. The summed E-state index contributed by atoms with van der Waals surface area (Å²) in [4.78, 5) is 7.08. The van der Waals surface area contributed by atoms with Gasteiger partial charge in [-0.25, -0.2) is 4.98 Å². The molecule has 0 fully saturated rings. The molecule has 0 saturated heterocycles. The Morgan fingerprint density at radius 2 is 1.77 bits per heavy atom. The first kappa shape index (κ1) is 16.5. The molecule has 1 aromatic heterocycles. The maximum atomic E-state index is 13.0. The van der Waals surface area contributed by atoms with Crippen molar-refractivity contribution >= 4 is 46.7 Å². The van der Waals surface area contributed by atoms with Gasteiger partial charge in [0, 0.05) is 0 Å². The Bertz CT molecular complexity index is 766. The SMILES string of the molecule is Cl.FC(F)(F)c1cccc(Cl)c1Nc1nc2ccccc2[nH]1. The van der Waals surface area contributed by atoms with E-state index in [4.69, 9.17) is 11.6 Å². The fourth-order valence-electron chi connectivity index (χ4n) is 2.02. The summed E-state index contributed by atoms with van der Waals surface area (Å²) < 4.78 is 39.0. The number of nitrogens with zero attached hydrogens (tertiary/aromatic N) is 1. The van der Waals surface area contributed by atoms with Crippen LogP contribution in [0.15, 0.2) is 42.5 Å². The Labute approximate surface area is 134 Å². The maximum absolute atomic E-state index is 13.0. The summed E-state index contributed by atoms with van der Waals surface area (Å²) in [5, 5.41) is 2.60. The van der Waals surface area contributed by atoms with E-state index in [1.165, 1.54) is 12.1 Å². The molecule has 116 valence electrons. The summed E-state index contributed by atoms with van der Waals surface area (Å²) in [6.45, 7) is 0. The molecule has 3 rings (SSSR count). The van der Waals surface area contributed by atoms with Crippen LogP contribution < -0.4 is 5.32 Å². The predicted octanol–water partition coefficient (Wildman–Crippen LogP) is 5.40. The lowest BCUT2D eigenvalue weighted by Gasteiger charge is -2.14. The largest absolute Gasteiger partial charge is 0.418 e. The summed E-state index contributed by atoms with van der Waals surface area (Å²) >= 11 is 5.88. The zero-order valence-electron chi connectivity index (χ0n) is 10.9. The molecule has 0 aliphatic heterocycles. The maximum Gasteiger partial charge on any atom is 0.418 e. The lowest BCUT2D eigenvalue weighted by atomic mass is 10.1. The highest BCUT2D eigenvalue weighted by Gasteiger charge is 2.34.